The first-order valence-electron chi connectivity index (χ1n) is 5.77. The molecule has 2 rings (SSSR count). The molecule has 0 atom stereocenters. The van der Waals surface area contributed by atoms with Crippen molar-refractivity contribution >= 4 is 11.0 Å². The Hall–Kier alpha value is -1.35. The summed E-state index contributed by atoms with van der Waals surface area (Å²) in [7, 11) is 0. The van der Waals surface area contributed by atoms with Crippen molar-refractivity contribution in [2.24, 2.45) is 0 Å². The molecule has 2 N–H and O–H groups in total. The molecule has 0 amide bonds. The van der Waals surface area contributed by atoms with Crippen LogP contribution < -0.4 is 0 Å². The summed E-state index contributed by atoms with van der Waals surface area (Å²) in [5, 5.41) is 8.73. The molecule has 3 nitrogen and oxygen atoms in total. The normalized spacial score (nSPS) is 11.2. The van der Waals surface area contributed by atoms with Gasteiger partial charge in [0.15, 0.2) is 0 Å². The molecule has 1 aromatic carbocycles. The summed E-state index contributed by atoms with van der Waals surface area (Å²) >= 11 is 0. The number of hydrogen-bond acceptors (Lipinski definition) is 2. The van der Waals surface area contributed by atoms with Crippen molar-refractivity contribution in [1.82, 2.24) is 9.97 Å². The van der Waals surface area contributed by atoms with Crippen LogP contribution in [-0.2, 0) is 6.42 Å². The first-order valence-corrected chi connectivity index (χ1v) is 5.77. The van der Waals surface area contributed by atoms with E-state index in [0.717, 1.165) is 36.1 Å². The summed E-state index contributed by atoms with van der Waals surface area (Å²) in [5.74, 6) is 1.02. The number of aliphatic hydroxyl groups is 1. The van der Waals surface area contributed by atoms with E-state index in [1.54, 1.807) is 0 Å². The summed E-state index contributed by atoms with van der Waals surface area (Å²) in [6.45, 7) is 4.48. The highest BCUT2D eigenvalue weighted by Crippen LogP contribution is 2.17. The molecule has 16 heavy (non-hydrogen) atoms. The van der Waals surface area contributed by atoms with Gasteiger partial charge < -0.3 is 10.1 Å². The molecule has 0 aliphatic rings. The lowest BCUT2D eigenvalue weighted by molar-refractivity contribution is 0.284. The molecule has 86 valence electrons. The Morgan fingerprint density at radius 1 is 1.19 bits per heavy atom. The lowest BCUT2D eigenvalue weighted by atomic mass is 10.1. The van der Waals surface area contributed by atoms with E-state index in [1.165, 1.54) is 11.1 Å². The molecule has 0 saturated heterocycles. The van der Waals surface area contributed by atoms with Gasteiger partial charge in [-0.25, -0.2) is 4.98 Å². The fourth-order valence-corrected chi connectivity index (χ4v) is 1.85. The Balaban J connectivity index is 2.23. The Morgan fingerprint density at radius 3 is 2.69 bits per heavy atom. The van der Waals surface area contributed by atoms with E-state index in [1.807, 2.05) is 0 Å². The zero-order valence-corrected chi connectivity index (χ0v) is 9.88. The molecular weight excluding hydrogens is 200 g/mol. The number of benzene rings is 1. The number of imidazole rings is 1. The number of unbranched alkanes of at least 4 members (excludes halogenated alkanes) is 1. The molecule has 1 aromatic heterocycles. The molecule has 2 aromatic rings. The third kappa shape index (κ3) is 2.25. The van der Waals surface area contributed by atoms with E-state index in [2.05, 4.69) is 35.9 Å². The van der Waals surface area contributed by atoms with Gasteiger partial charge in [0.05, 0.1) is 11.0 Å². The molecule has 0 spiro atoms. The molecule has 0 fully saturated rings. The average Bonchev–Trinajstić information content (AvgIpc) is 2.61. The van der Waals surface area contributed by atoms with Gasteiger partial charge in [0.1, 0.15) is 5.82 Å². The summed E-state index contributed by atoms with van der Waals surface area (Å²) < 4.78 is 0. The molecule has 0 bridgehead atoms. The van der Waals surface area contributed by atoms with Crippen molar-refractivity contribution < 1.29 is 5.11 Å². The lowest BCUT2D eigenvalue weighted by Crippen LogP contribution is -1.90. The summed E-state index contributed by atoms with van der Waals surface area (Å²) in [4.78, 5) is 7.88. The van der Waals surface area contributed by atoms with Gasteiger partial charge in [-0.15, -0.1) is 0 Å². The Labute approximate surface area is 95.5 Å². The average molecular weight is 218 g/mol. The number of rotatable bonds is 4. The minimum atomic E-state index is 0.262. The van der Waals surface area contributed by atoms with Gasteiger partial charge in [-0.3, -0.25) is 0 Å². The van der Waals surface area contributed by atoms with Crippen LogP contribution in [0.2, 0.25) is 0 Å². The van der Waals surface area contributed by atoms with E-state index < -0.39 is 0 Å². The van der Waals surface area contributed by atoms with E-state index in [0.29, 0.717) is 0 Å². The lowest BCUT2D eigenvalue weighted by Gasteiger charge is -1.97. The van der Waals surface area contributed by atoms with Crippen LogP contribution in [0.3, 0.4) is 0 Å². The minimum Gasteiger partial charge on any atom is -0.396 e. The standard InChI is InChI=1S/C13H18N2O/c1-9-7-11-12(8-10(9)2)15-13(14-11)5-3-4-6-16/h7-8,16H,3-6H2,1-2H3,(H,14,15). The van der Waals surface area contributed by atoms with Crippen molar-refractivity contribution in [2.75, 3.05) is 6.61 Å². The first kappa shape index (κ1) is 11.1. The van der Waals surface area contributed by atoms with Gasteiger partial charge in [-0.05, 0) is 49.9 Å². The molecule has 0 saturated carbocycles. The second kappa shape index (κ2) is 4.66. The fourth-order valence-electron chi connectivity index (χ4n) is 1.85. The number of aryl methyl sites for hydroxylation is 3. The highest BCUT2D eigenvalue weighted by atomic mass is 16.2. The van der Waals surface area contributed by atoms with E-state index in [-0.39, 0.29) is 6.61 Å². The van der Waals surface area contributed by atoms with Crippen LogP contribution in [0, 0.1) is 13.8 Å². The third-order valence-corrected chi connectivity index (χ3v) is 2.97. The zero-order chi connectivity index (χ0) is 11.5. The number of hydrogen-bond donors (Lipinski definition) is 2. The number of nitrogens with one attached hydrogen (secondary N) is 1. The van der Waals surface area contributed by atoms with Crippen LogP contribution in [0.1, 0.15) is 29.8 Å². The van der Waals surface area contributed by atoms with Gasteiger partial charge in [0.25, 0.3) is 0 Å². The van der Waals surface area contributed by atoms with Crippen LogP contribution in [0.15, 0.2) is 12.1 Å². The maximum absolute atomic E-state index is 8.73. The number of aliphatic hydroxyl groups excluding tert-OH is 1. The first-order chi connectivity index (χ1) is 7.70. The second-order valence-electron chi connectivity index (χ2n) is 4.32. The van der Waals surface area contributed by atoms with Gasteiger partial charge in [0, 0.05) is 13.0 Å². The number of H-pyrrole nitrogens is 1. The van der Waals surface area contributed by atoms with Crippen LogP contribution in [0.25, 0.3) is 11.0 Å². The number of aromatic amines is 1. The Kier molecular flexibility index (Phi) is 3.25. The van der Waals surface area contributed by atoms with Crippen LogP contribution in [-0.4, -0.2) is 21.7 Å². The molecular formula is C13H18N2O. The van der Waals surface area contributed by atoms with Crippen molar-refractivity contribution in [3.63, 3.8) is 0 Å². The highest BCUT2D eigenvalue weighted by Gasteiger charge is 2.04. The second-order valence-corrected chi connectivity index (χ2v) is 4.32. The van der Waals surface area contributed by atoms with E-state index in [9.17, 15) is 0 Å². The Morgan fingerprint density at radius 2 is 1.94 bits per heavy atom. The smallest absolute Gasteiger partial charge is 0.107 e. The predicted molar refractivity (Wildman–Crippen MR) is 65.6 cm³/mol. The van der Waals surface area contributed by atoms with E-state index >= 15 is 0 Å². The SMILES string of the molecule is Cc1cc2nc(CCCCO)[nH]c2cc1C. The van der Waals surface area contributed by atoms with Crippen LogP contribution >= 0.6 is 0 Å². The van der Waals surface area contributed by atoms with Crippen LogP contribution in [0.4, 0.5) is 0 Å². The van der Waals surface area contributed by atoms with Gasteiger partial charge in [-0.2, -0.15) is 0 Å². The highest BCUT2D eigenvalue weighted by molar-refractivity contribution is 5.77. The topological polar surface area (TPSA) is 48.9 Å². The van der Waals surface area contributed by atoms with E-state index in [4.69, 9.17) is 5.11 Å². The monoisotopic (exact) mass is 218 g/mol. The van der Waals surface area contributed by atoms with Crippen molar-refractivity contribution in [3.8, 4) is 0 Å². The quantitative estimate of drug-likeness (QED) is 0.775. The van der Waals surface area contributed by atoms with Crippen molar-refractivity contribution in [1.29, 1.82) is 0 Å². The van der Waals surface area contributed by atoms with Crippen molar-refractivity contribution in [3.05, 3.63) is 29.1 Å². The largest absolute Gasteiger partial charge is 0.396 e. The van der Waals surface area contributed by atoms with Gasteiger partial charge in [0.2, 0.25) is 0 Å². The molecule has 1 heterocycles. The predicted octanol–water partition coefficient (Wildman–Crippen LogP) is 2.49. The molecule has 0 aliphatic carbocycles. The Bertz CT molecular complexity index is 449. The zero-order valence-electron chi connectivity index (χ0n) is 9.88. The number of fused-ring (bicyclic) bond motifs is 1. The minimum absolute atomic E-state index is 0.262. The van der Waals surface area contributed by atoms with Gasteiger partial charge in [-0.1, -0.05) is 0 Å². The summed E-state index contributed by atoms with van der Waals surface area (Å²) in [6.07, 6.45) is 2.73. The molecule has 3 heteroatoms. The summed E-state index contributed by atoms with van der Waals surface area (Å²) in [5.41, 5.74) is 4.73. The van der Waals surface area contributed by atoms with Crippen LogP contribution in [0.5, 0.6) is 0 Å². The maximum atomic E-state index is 8.73. The van der Waals surface area contributed by atoms with Crippen molar-refractivity contribution in [2.45, 2.75) is 33.1 Å². The molecule has 0 aliphatic heterocycles. The number of nitrogens with zero attached hydrogens (tertiary/aromatic N) is 1. The maximum Gasteiger partial charge on any atom is 0.107 e. The molecule has 0 unspecified atom stereocenters. The number of aromatic nitrogens is 2. The van der Waals surface area contributed by atoms with Gasteiger partial charge >= 0.3 is 0 Å². The summed E-state index contributed by atoms with van der Waals surface area (Å²) in [6, 6.07) is 4.27. The third-order valence-electron chi connectivity index (χ3n) is 2.97. The fraction of sp³-hybridized carbons (Fsp3) is 0.462. The molecule has 0 radical (unpaired) electrons.